The summed E-state index contributed by atoms with van der Waals surface area (Å²) in [6.07, 6.45) is 3.21. The topological polar surface area (TPSA) is 61.4 Å². The van der Waals surface area contributed by atoms with E-state index in [2.05, 4.69) is 15.5 Å². The summed E-state index contributed by atoms with van der Waals surface area (Å²) in [5.74, 6) is 0.105. The monoisotopic (exact) mass is 331 g/mol. The van der Waals surface area contributed by atoms with Crippen LogP contribution in [0.5, 0.6) is 0 Å². The largest absolute Gasteiger partial charge is 0.331 e. The number of hydrogen-bond acceptors (Lipinski definition) is 4. The predicted octanol–water partition coefficient (Wildman–Crippen LogP) is 2.09. The Morgan fingerprint density at radius 1 is 1.26 bits per heavy atom. The Bertz CT molecular complexity index is 649. The molecule has 3 aliphatic heterocycles. The zero-order valence-corrected chi connectivity index (χ0v) is 14.0. The first-order valence-corrected chi connectivity index (χ1v) is 9.16. The summed E-state index contributed by atoms with van der Waals surface area (Å²) in [5, 5.41) is 6.25. The second-order valence-electron chi connectivity index (χ2n) is 6.55. The molecule has 3 aliphatic rings. The Balaban J connectivity index is 1.62. The number of nitrogens with one attached hydrogen (secondary N) is 2. The van der Waals surface area contributed by atoms with E-state index in [9.17, 15) is 9.59 Å². The first-order valence-electron chi connectivity index (χ1n) is 8.28. The minimum Gasteiger partial charge on any atom is -0.331 e. The molecular formula is C17H21N3O2S. The van der Waals surface area contributed by atoms with Gasteiger partial charge in [-0.3, -0.25) is 9.59 Å². The number of carbonyl (C=O) groups is 2. The average Bonchev–Trinajstić information content (AvgIpc) is 2.80. The molecule has 3 atom stereocenters. The molecule has 1 aromatic rings. The lowest BCUT2D eigenvalue weighted by Gasteiger charge is -2.29. The van der Waals surface area contributed by atoms with E-state index < -0.39 is 0 Å². The van der Waals surface area contributed by atoms with E-state index in [4.69, 9.17) is 0 Å². The highest BCUT2D eigenvalue weighted by molar-refractivity contribution is 8.00. The van der Waals surface area contributed by atoms with E-state index >= 15 is 0 Å². The van der Waals surface area contributed by atoms with Crippen molar-refractivity contribution in [3.05, 3.63) is 23.8 Å². The van der Waals surface area contributed by atoms with Gasteiger partial charge in [0.25, 0.3) is 5.91 Å². The molecule has 2 saturated heterocycles. The van der Waals surface area contributed by atoms with Gasteiger partial charge < -0.3 is 15.5 Å². The van der Waals surface area contributed by atoms with Crippen molar-refractivity contribution in [2.75, 3.05) is 18.4 Å². The molecule has 23 heavy (non-hydrogen) atoms. The molecule has 2 amide bonds. The average molecular weight is 331 g/mol. The molecule has 1 aromatic carbocycles. The smallest absolute Gasteiger partial charge is 0.254 e. The SMILES string of the molecule is CC1Sc2ccc(C(=O)N3C4CCNCC3CC4)cc2NC1=O. The summed E-state index contributed by atoms with van der Waals surface area (Å²) < 4.78 is 0. The molecular weight excluding hydrogens is 310 g/mol. The number of hydrogen-bond donors (Lipinski definition) is 2. The van der Waals surface area contributed by atoms with Gasteiger partial charge in [0.05, 0.1) is 10.9 Å². The Labute approximate surface area is 140 Å². The zero-order valence-electron chi connectivity index (χ0n) is 13.2. The summed E-state index contributed by atoms with van der Waals surface area (Å²) in [6.45, 7) is 3.76. The van der Waals surface area contributed by atoms with Crippen LogP contribution >= 0.6 is 11.8 Å². The lowest BCUT2D eigenvalue weighted by atomic mass is 10.1. The van der Waals surface area contributed by atoms with Crippen molar-refractivity contribution in [3.63, 3.8) is 0 Å². The molecule has 3 heterocycles. The van der Waals surface area contributed by atoms with Crippen molar-refractivity contribution in [3.8, 4) is 0 Å². The van der Waals surface area contributed by atoms with Gasteiger partial charge in [-0.2, -0.15) is 0 Å². The second kappa shape index (κ2) is 5.83. The third-order valence-electron chi connectivity index (χ3n) is 5.05. The van der Waals surface area contributed by atoms with Crippen LogP contribution in [0.25, 0.3) is 0 Å². The molecule has 0 radical (unpaired) electrons. The molecule has 3 unspecified atom stereocenters. The van der Waals surface area contributed by atoms with Crippen LogP contribution in [-0.2, 0) is 4.79 Å². The van der Waals surface area contributed by atoms with Crippen LogP contribution in [0.4, 0.5) is 5.69 Å². The van der Waals surface area contributed by atoms with Crippen LogP contribution in [0.15, 0.2) is 23.1 Å². The summed E-state index contributed by atoms with van der Waals surface area (Å²) in [6, 6.07) is 6.35. The van der Waals surface area contributed by atoms with E-state index in [1.807, 2.05) is 25.1 Å². The molecule has 2 fully saturated rings. The molecule has 0 aliphatic carbocycles. The molecule has 0 aromatic heterocycles. The fourth-order valence-electron chi connectivity index (χ4n) is 3.80. The van der Waals surface area contributed by atoms with Crippen LogP contribution in [-0.4, -0.2) is 47.1 Å². The lowest BCUT2D eigenvalue weighted by Crippen LogP contribution is -2.42. The number of anilines is 1. The van der Waals surface area contributed by atoms with Crippen molar-refractivity contribution >= 4 is 29.3 Å². The molecule has 6 heteroatoms. The van der Waals surface area contributed by atoms with Crippen LogP contribution < -0.4 is 10.6 Å². The number of carbonyl (C=O) groups excluding carboxylic acids is 2. The maximum absolute atomic E-state index is 13.0. The molecule has 2 N–H and O–H groups in total. The molecule has 5 nitrogen and oxygen atoms in total. The minimum atomic E-state index is -0.0865. The number of rotatable bonds is 1. The fraction of sp³-hybridized carbons (Fsp3) is 0.529. The van der Waals surface area contributed by atoms with Gasteiger partial charge in [0, 0.05) is 29.1 Å². The first kappa shape index (κ1) is 15.0. The third kappa shape index (κ3) is 2.64. The van der Waals surface area contributed by atoms with Crippen LogP contribution in [0.1, 0.15) is 36.5 Å². The van der Waals surface area contributed by atoms with Crippen LogP contribution in [0.2, 0.25) is 0 Å². The van der Waals surface area contributed by atoms with Gasteiger partial charge >= 0.3 is 0 Å². The van der Waals surface area contributed by atoms with Crippen molar-refractivity contribution in [1.82, 2.24) is 10.2 Å². The van der Waals surface area contributed by atoms with Crippen LogP contribution in [0, 0.1) is 0 Å². The predicted molar refractivity (Wildman–Crippen MR) is 90.9 cm³/mol. The van der Waals surface area contributed by atoms with E-state index in [1.165, 1.54) is 0 Å². The lowest BCUT2D eigenvalue weighted by molar-refractivity contribution is -0.115. The summed E-state index contributed by atoms with van der Waals surface area (Å²) in [4.78, 5) is 28.0. The van der Waals surface area contributed by atoms with Crippen LogP contribution in [0.3, 0.4) is 0 Å². The van der Waals surface area contributed by atoms with E-state index in [1.54, 1.807) is 11.8 Å². The van der Waals surface area contributed by atoms with Crippen molar-refractivity contribution < 1.29 is 9.59 Å². The molecule has 4 rings (SSSR count). The highest BCUT2D eigenvalue weighted by atomic mass is 32.2. The van der Waals surface area contributed by atoms with Crippen molar-refractivity contribution in [2.45, 2.75) is 48.4 Å². The number of nitrogens with zero attached hydrogens (tertiary/aromatic N) is 1. The second-order valence-corrected chi connectivity index (χ2v) is 7.93. The van der Waals surface area contributed by atoms with E-state index in [0.29, 0.717) is 17.6 Å². The van der Waals surface area contributed by atoms with Gasteiger partial charge in [-0.25, -0.2) is 0 Å². The Kier molecular flexibility index (Phi) is 3.81. The van der Waals surface area contributed by atoms with E-state index in [0.717, 1.165) is 42.9 Å². The third-order valence-corrected chi connectivity index (χ3v) is 6.22. The van der Waals surface area contributed by atoms with Gasteiger partial charge in [0.1, 0.15) is 0 Å². The Hall–Kier alpha value is -1.53. The molecule has 0 saturated carbocycles. The Morgan fingerprint density at radius 2 is 2.09 bits per heavy atom. The number of thioether (sulfide) groups is 1. The maximum Gasteiger partial charge on any atom is 0.254 e. The maximum atomic E-state index is 13.0. The number of benzene rings is 1. The number of amides is 2. The standard InChI is InChI=1S/C17H21N3O2S/c1-10-16(21)19-14-8-11(2-5-15(14)23-10)17(22)20-12-3-4-13(20)9-18-7-6-12/h2,5,8,10,12-13,18H,3-4,6-7,9H2,1H3,(H,19,21). The van der Waals surface area contributed by atoms with Gasteiger partial charge in [-0.1, -0.05) is 0 Å². The van der Waals surface area contributed by atoms with Gasteiger partial charge in [0.15, 0.2) is 0 Å². The summed E-state index contributed by atoms with van der Waals surface area (Å²) in [5.41, 5.74) is 1.45. The normalized spacial score (nSPS) is 29.7. The first-order chi connectivity index (χ1) is 11.1. The van der Waals surface area contributed by atoms with E-state index in [-0.39, 0.29) is 17.1 Å². The zero-order chi connectivity index (χ0) is 16.0. The van der Waals surface area contributed by atoms with Gasteiger partial charge in [-0.15, -0.1) is 11.8 Å². The highest BCUT2D eigenvalue weighted by Crippen LogP contribution is 2.37. The highest BCUT2D eigenvalue weighted by Gasteiger charge is 2.38. The summed E-state index contributed by atoms with van der Waals surface area (Å²) in [7, 11) is 0. The fourth-order valence-corrected chi connectivity index (χ4v) is 4.74. The van der Waals surface area contributed by atoms with Gasteiger partial charge in [0.2, 0.25) is 5.91 Å². The number of fused-ring (bicyclic) bond motifs is 3. The minimum absolute atomic E-state index is 0.00569. The van der Waals surface area contributed by atoms with Crippen molar-refractivity contribution in [1.29, 1.82) is 0 Å². The van der Waals surface area contributed by atoms with Gasteiger partial charge in [-0.05, 0) is 50.9 Å². The molecule has 2 bridgehead atoms. The Morgan fingerprint density at radius 3 is 2.96 bits per heavy atom. The summed E-state index contributed by atoms with van der Waals surface area (Å²) >= 11 is 1.55. The quantitative estimate of drug-likeness (QED) is 0.827. The van der Waals surface area contributed by atoms with Crippen molar-refractivity contribution in [2.24, 2.45) is 0 Å². The molecule has 0 spiro atoms. The molecule has 122 valence electrons.